The molecule has 2 heterocycles. The van der Waals surface area contributed by atoms with Crippen molar-refractivity contribution in [1.29, 1.82) is 0 Å². The zero-order valence-corrected chi connectivity index (χ0v) is 11.0. The van der Waals surface area contributed by atoms with Crippen LogP contribution < -0.4 is 5.73 Å². The molecule has 0 bridgehead atoms. The number of nitrogens with zero attached hydrogens (tertiary/aromatic N) is 2. The molecule has 5 nitrogen and oxygen atoms in total. The van der Waals surface area contributed by atoms with Gasteiger partial charge in [-0.3, -0.25) is 0 Å². The minimum absolute atomic E-state index is 0.173. The Morgan fingerprint density at radius 1 is 0.952 bits per heavy atom. The van der Waals surface area contributed by atoms with E-state index in [9.17, 15) is 5.11 Å². The summed E-state index contributed by atoms with van der Waals surface area (Å²) < 4.78 is 0. The number of benzene rings is 2. The van der Waals surface area contributed by atoms with Gasteiger partial charge in [-0.1, -0.05) is 12.1 Å². The first-order valence-corrected chi connectivity index (χ1v) is 6.56. The predicted molar refractivity (Wildman–Crippen MR) is 82.9 cm³/mol. The number of hydrogen-bond acceptors (Lipinski definition) is 4. The van der Waals surface area contributed by atoms with Crippen LogP contribution >= 0.6 is 0 Å². The summed E-state index contributed by atoms with van der Waals surface area (Å²) >= 11 is 0. The van der Waals surface area contributed by atoms with E-state index in [1.54, 1.807) is 12.1 Å². The zero-order chi connectivity index (χ0) is 14.4. The summed E-state index contributed by atoms with van der Waals surface area (Å²) in [6.07, 6.45) is 1.86. The first kappa shape index (κ1) is 11.7. The average molecular weight is 276 g/mol. The smallest absolute Gasteiger partial charge is 0.154 e. The number of aromatic amines is 1. The number of rotatable bonds is 1. The molecule has 5 heteroatoms. The summed E-state index contributed by atoms with van der Waals surface area (Å²) in [7, 11) is 0. The van der Waals surface area contributed by atoms with Crippen LogP contribution in [0.15, 0.2) is 48.7 Å². The number of para-hydroxylation sites is 1. The molecule has 0 aliphatic heterocycles. The fourth-order valence-corrected chi connectivity index (χ4v) is 2.69. The van der Waals surface area contributed by atoms with Gasteiger partial charge in [0.2, 0.25) is 0 Å². The molecule has 0 aliphatic carbocycles. The second kappa shape index (κ2) is 4.21. The number of fused-ring (bicyclic) bond motifs is 3. The molecule has 4 rings (SSSR count). The Balaban J connectivity index is 2.17. The van der Waals surface area contributed by atoms with Gasteiger partial charge in [0.05, 0.1) is 0 Å². The van der Waals surface area contributed by atoms with Crippen molar-refractivity contribution in [1.82, 2.24) is 15.2 Å². The van der Waals surface area contributed by atoms with E-state index in [-0.39, 0.29) is 5.75 Å². The number of H-pyrrole nitrogens is 1. The van der Waals surface area contributed by atoms with Crippen molar-refractivity contribution in [2.24, 2.45) is 0 Å². The number of anilines is 1. The third-order valence-corrected chi connectivity index (χ3v) is 3.66. The van der Waals surface area contributed by atoms with Gasteiger partial charge >= 0.3 is 0 Å². The summed E-state index contributed by atoms with van der Waals surface area (Å²) in [4.78, 5) is 3.16. The normalized spacial score (nSPS) is 11.2. The molecule has 0 spiro atoms. The highest BCUT2D eigenvalue weighted by Gasteiger charge is 2.14. The highest BCUT2D eigenvalue weighted by molar-refractivity contribution is 6.14. The van der Waals surface area contributed by atoms with Crippen LogP contribution in [0, 0.1) is 0 Å². The van der Waals surface area contributed by atoms with Crippen molar-refractivity contribution >= 4 is 27.5 Å². The fraction of sp³-hybridized carbons (Fsp3) is 0. The number of nitrogen functional groups attached to an aromatic ring is 1. The van der Waals surface area contributed by atoms with Crippen molar-refractivity contribution in [2.75, 3.05) is 5.73 Å². The Hall–Kier alpha value is -3.08. The van der Waals surface area contributed by atoms with E-state index in [1.165, 1.54) is 0 Å². The first-order valence-electron chi connectivity index (χ1n) is 6.56. The molecule has 0 aliphatic rings. The number of aromatic nitrogens is 3. The van der Waals surface area contributed by atoms with Crippen LogP contribution in [0.3, 0.4) is 0 Å². The van der Waals surface area contributed by atoms with Crippen LogP contribution in [0.1, 0.15) is 0 Å². The zero-order valence-electron chi connectivity index (χ0n) is 11.0. The summed E-state index contributed by atoms with van der Waals surface area (Å²) in [5.74, 6) is 0.557. The highest BCUT2D eigenvalue weighted by atomic mass is 16.3. The summed E-state index contributed by atoms with van der Waals surface area (Å²) in [5.41, 5.74) is 8.28. The molecule has 4 N–H and O–H groups in total. The molecule has 21 heavy (non-hydrogen) atoms. The number of hydrogen-bond donors (Lipinski definition) is 3. The molecule has 2 aromatic heterocycles. The molecule has 102 valence electrons. The lowest BCUT2D eigenvalue weighted by atomic mass is 10.0. The molecule has 0 saturated carbocycles. The van der Waals surface area contributed by atoms with E-state index < -0.39 is 0 Å². The maximum Gasteiger partial charge on any atom is 0.154 e. The van der Waals surface area contributed by atoms with Gasteiger partial charge in [0.15, 0.2) is 5.82 Å². The summed E-state index contributed by atoms with van der Waals surface area (Å²) in [6, 6.07) is 13.0. The van der Waals surface area contributed by atoms with Gasteiger partial charge < -0.3 is 15.8 Å². The second-order valence-electron chi connectivity index (χ2n) is 4.88. The van der Waals surface area contributed by atoms with Crippen molar-refractivity contribution in [3.05, 3.63) is 48.7 Å². The van der Waals surface area contributed by atoms with Crippen molar-refractivity contribution in [3.8, 4) is 17.0 Å². The molecule has 0 unspecified atom stereocenters. The van der Waals surface area contributed by atoms with Gasteiger partial charge in [-0.2, -0.15) is 0 Å². The lowest BCUT2D eigenvalue weighted by Crippen LogP contribution is -1.98. The van der Waals surface area contributed by atoms with Gasteiger partial charge in [-0.05, 0) is 30.3 Å². The molecule has 0 fully saturated rings. The number of phenols is 1. The van der Waals surface area contributed by atoms with Gasteiger partial charge in [-0.25, -0.2) is 0 Å². The van der Waals surface area contributed by atoms with Gasteiger partial charge in [-0.15, -0.1) is 10.2 Å². The van der Waals surface area contributed by atoms with Crippen molar-refractivity contribution < 1.29 is 5.11 Å². The molecular weight excluding hydrogens is 264 g/mol. The van der Waals surface area contributed by atoms with Crippen molar-refractivity contribution in [2.45, 2.75) is 0 Å². The number of nitrogens with one attached hydrogen (secondary N) is 1. The molecule has 0 amide bonds. The Bertz CT molecular complexity index is 975. The highest BCUT2D eigenvalue weighted by Crippen LogP contribution is 2.36. The number of phenolic OH excluding ortho intramolecular Hbond substituents is 1. The van der Waals surface area contributed by atoms with Crippen LogP contribution in [0.25, 0.3) is 32.9 Å². The third kappa shape index (κ3) is 1.64. The molecule has 0 atom stereocenters. The van der Waals surface area contributed by atoms with Gasteiger partial charge in [0.25, 0.3) is 0 Å². The van der Waals surface area contributed by atoms with Crippen molar-refractivity contribution in [3.63, 3.8) is 0 Å². The fourth-order valence-electron chi connectivity index (χ4n) is 2.69. The average Bonchev–Trinajstić information content (AvgIpc) is 2.97. The van der Waals surface area contributed by atoms with Crippen LogP contribution in [-0.2, 0) is 0 Å². The van der Waals surface area contributed by atoms with Gasteiger partial charge in [0, 0.05) is 33.4 Å². The van der Waals surface area contributed by atoms with Crippen LogP contribution in [-0.4, -0.2) is 20.3 Å². The predicted octanol–water partition coefficient (Wildman–Crippen LogP) is 3.07. The molecule has 0 radical (unpaired) electrons. The van der Waals surface area contributed by atoms with Crippen LogP contribution in [0.4, 0.5) is 5.82 Å². The molecule has 4 aromatic rings. The number of aromatic hydroxyl groups is 1. The van der Waals surface area contributed by atoms with E-state index in [0.717, 1.165) is 21.7 Å². The minimum Gasteiger partial charge on any atom is -0.507 e. The second-order valence-corrected chi connectivity index (χ2v) is 4.88. The van der Waals surface area contributed by atoms with E-state index in [2.05, 4.69) is 15.2 Å². The van der Waals surface area contributed by atoms with E-state index in [0.29, 0.717) is 17.1 Å². The number of nitrogens with two attached hydrogens (primary N) is 1. The Morgan fingerprint density at radius 3 is 2.67 bits per heavy atom. The Labute approximate surface area is 120 Å². The van der Waals surface area contributed by atoms with E-state index in [4.69, 9.17) is 5.73 Å². The standard InChI is InChI=1S/C16H12N4O/c17-16-14-9-7-8-18-12(9)6-5-11(14)15(19-20-16)10-3-1-2-4-13(10)21/h1-8,18,21H,(H2,17,20). The van der Waals surface area contributed by atoms with E-state index >= 15 is 0 Å². The lowest BCUT2D eigenvalue weighted by Gasteiger charge is -2.09. The first-order chi connectivity index (χ1) is 10.3. The lowest BCUT2D eigenvalue weighted by molar-refractivity contribution is 0.477. The minimum atomic E-state index is 0.173. The van der Waals surface area contributed by atoms with E-state index in [1.807, 2.05) is 36.5 Å². The molecular formula is C16H12N4O. The largest absolute Gasteiger partial charge is 0.507 e. The third-order valence-electron chi connectivity index (χ3n) is 3.66. The summed E-state index contributed by atoms with van der Waals surface area (Å²) in [5, 5.41) is 21.0. The SMILES string of the molecule is Nc1nnc(-c2ccccc2O)c2ccc3[nH]ccc3c12. The molecule has 0 saturated heterocycles. The topological polar surface area (TPSA) is 87.8 Å². The Kier molecular flexibility index (Phi) is 2.35. The van der Waals surface area contributed by atoms with Gasteiger partial charge in [0.1, 0.15) is 11.4 Å². The molecule has 2 aromatic carbocycles. The maximum absolute atomic E-state index is 10.1. The summed E-state index contributed by atoms with van der Waals surface area (Å²) in [6.45, 7) is 0. The Morgan fingerprint density at radius 2 is 1.81 bits per heavy atom. The van der Waals surface area contributed by atoms with Crippen LogP contribution in [0.5, 0.6) is 5.75 Å². The monoisotopic (exact) mass is 276 g/mol. The maximum atomic E-state index is 10.1. The van der Waals surface area contributed by atoms with Crippen LogP contribution in [0.2, 0.25) is 0 Å². The quantitative estimate of drug-likeness (QED) is 0.498.